The molecule has 85 heavy (non-hydrogen) atoms. The fourth-order valence-electron chi connectivity index (χ4n) is 9.08. The SMILES string of the molecule is C=CCOC(=O)CC[C@@H](NC(=O)CNC(=O)[C@H](Cc1ccc2ccccc2c1)NC(=O)[C@@H](CCCNC(N)=NC)NC(=O)[C@H](CCCCNC)NC(=O)[C@H](Cc1ccc(C)cc1)NC(=O)[C@H](Cc1ccccc1)NC)C(=O)N[C@H](C=O)CCNC. The Morgan fingerprint density at radius 1 is 0.553 bits per heavy atom. The van der Waals surface area contributed by atoms with E-state index in [2.05, 4.69) is 70.1 Å². The second kappa shape index (κ2) is 38.3. The van der Waals surface area contributed by atoms with Crippen molar-refractivity contribution in [3.05, 3.63) is 132 Å². The second-order valence-electron chi connectivity index (χ2n) is 20.6. The maximum absolute atomic E-state index is 14.8. The van der Waals surface area contributed by atoms with Crippen LogP contribution in [0.5, 0.6) is 0 Å². The minimum Gasteiger partial charge on any atom is -0.461 e. The zero-order valence-electron chi connectivity index (χ0n) is 49.6. The molecule has 0 bridgehead atoms. The molecule has 4 rings (SSSR count). The van der Waals surface area contributed by atoms with Gasteiger partial charge in [-0.3, -0.25) is 43.3 Å². The van der Waals surface area contributed by atoms with E-state index in [0.29, 0.717) is 44.2 Å². The Morgan fingerprint density at radius 3 is 1.73 bits per heavy atom. The van der Waals surface area contributed by atoms with Gasteiger partial charge in [-0.05, 0) is 120 Å². The van der Waals surface area contributed by atoms with Crippen LogP contribution in [-0.4, -0.2) is 163 Å². The van der Waals surface area contributed by atoms with Gasteiger partial charge in [0, 0.05) is 32.9 Å². The summed E-state index contributed by atoms with van der Waals surface area (Å²) in [5, 5.41) is 33.0. The number of hydrogen-bond acceptors (Lipinski definition) is 14. The number of guanidine groups is 1. The summed E-state index contributed by atoms with van der Waals surface area (Å²) >= 11 is 0. The van der Waals surface area contributed by atoms with Crippen molar-refractivity contribution < 1.29 is 47.9 Å². The second-order valence-corrected chi connectivity index (χ2v) is 20.6. The fraction of sp³-hybridized carbons (Fsp3) is 0.452. The van der Waals surface area contributed by atoms with Crippen LogP contribution in [0.2, 0.25) is 0 Å². The van der Waals surface area contributed by atoms with Crippen LogP contribution in [0.3, 0.4) is 0 Å². The minimum absolute atomic E-state index is 0.0120. The molecule has 0 unspecified atom stereocenters. The van der Waals surface area contributed by atoms with E-state index >= 15 is 0 Å². The minimum atomic E-state index is -1.35. The number of carbonyl (C=O) groups is 9. The van der Waals surface area contributed by atoms with Crippen molar-refractivity contribution in [3.8, 4) is 0 Å². The van der Waals surface area contributed by atoms with E-state index in [1.807, 2.05) is 97.9 Å². The lowest BCUT2D eigenvalue weighted by molar-refractivity contribution is -0.143. The topological polar surface area (TPSA) is 334 Å². The Bertz CT molecular complexity index is 2840. The first-order chi connectivity index (χ1) is 41.0. The van der Waals surface area contributed by atoms with Gasteiger partial charge in [0.05, 0.1) is 18.6 Å². The third-order valence-corrected chi connectivity index (χ3v) is 14.0. The first-order valence-electron chi connectivity index (χ1n) is 28.8. The van der Waals surface area contributed by atoms with Crippen LogP contribution >= 0.6 is 0 Å². The van der Waals surface area contributed by atoms with Crippen LogP contribution in [0.25, 0.3) is 10.8 Å². The Hall–Kier alpha value is -8.54. The molecule has 0 saturated heterocycles. The summed E-state index contributed by atoms with van der Waals surface area (Å²) in [5.41, 5.74) is 9.24. The maximum atomic E-state index is 14.8. The number of likely N-dealkylation sites (N-methyl/N-ethyl adjacent to an activating group) is 1. The van der Waals surface area contributed by atoms with E-state index in [9.17, 15) is 43.2 Å². The predicted octanol–water partition coefficient (Wildman–Crippen LogP) is 0.811. The molecule has 0 aromatic heterocycles. The number of benzene rings is 4. The number of ether oxygens (including phenoxy) is 1. The molecule has 13 N–H and O–H groups in total. The molecule has 23 nitrogen and oxygen atoms in total. The standard InChI is InChI=1S/C62H87N13O10/c1-7-34-85-55(78)29-28-50(57(80)70-47(40-76)30-33-65-4)71-54(77)39-69-56(79)52(38-44-26-27-45-18-11-12-19-46(45)35-44)74-59(82)49(21-15-32-68-62(63)67-6)72-58(81)48(20-13-14-31-64-3)73-61(84)53(37-43-24-22-41(2)23-25-43)75-60(83)51(66-5)36-42-16-9-8-10-17-42/h7-12,16-19,22-27,35,40,47-53,64-66H,1,13-15,20-21,28-34,36-39H2,2-6H3,(H,69,79)(H,70,80)(H,71,77)(H,72,81)(H,73,84)(H,74,82)(H,75,83)(H3,63,67,68)/t47-,48-,49+,50+,51-,52-,53-/m0/s1. The normalized spacial score (nSPS) is 13.7. The van der Waals surface area contributed by atoms with Gasteiger partial charge in [0.15, 0.2) is 5.96 Å². The highest BCUT2D eigenvalue weighted by molar-refractivity contribution is 5.97. The van der Waals surface area contributed by atoms with Gasteiger partial charge in [-0.1, -0.05) is 115 Å². The molecule has 0 heterocycles. The third kappa shape index (κ3) is 25.5. The number of carbonyl (C=O) groups excluding carboxylic acids is 9. The van der Waals surface area contributed by atoms with Gasteiger partial charge in [-0.25, -0.2) is 0 Å². The molecular weight excluding hydrogens is 1090 g/mol. The Labute approximate surface area is 498 Å². The van der Waals surface area contributed by atoms with E-state index in [1.165, 1.54) is 13.1 Å². The zero-order chi connectivity index (χ0) is 61.9. The number of amides is 7. The maximum Gasteiger partial charge on any atom is 0.306 e. The molecule has 23 heteroatoms. The lowest BCUT2D eigenvalue weighted by Gasteiger charge is -2.27. The number of nitrogens with zero attached hydrogens (tertiary/aromatic N) is 1. The van der Waals surface area contributed by atoms with E-state index in [0.717, 1.165) is 27.5 Å². The first kappa shape index (κ1) is 69.0. The van der Waals surface area contributed by atoms with E-state index < -0.39 is 96.2 Å². The zero-order valence-corrected chi connectivity index (χ0v) is 49.6. The molecular formula is C62H87N13O10. The largest absolute Gasteiger partial charge is 0.461 e. The molecule has 0 fully saturated rings. The van der Waals surface area contributed by atoms with Gasteiger partial charge < -0.3 is 73.7 Å². The highest BCUT2D eigenvalue weighted by atomic mass is 16.5. The average Bonchev–Trinajstić information content (AvgIpc) is 3.71. The summed E-state index contributed by atoms with van der Waals surface area (Å²) in [7, 11) is 6.65. The van der Waals surface area contributed by atoms with Crippen molar-refractivity contribution in [2.45, 2.75) is 120 Å². The third-order valence-electron chi connectivity index (χ3n) is 14.0. The van der Waals surface area contributed by atoms with Crippen molar-refractivity contribution in [2.24, 2.45) is 10.7 Å². The van der Waals surface area contributed by atoms with Crippen molar-refractivity contribution >= 4 is 70.3 Å². The summed E-state index contributed by atoms with van der Waals surface area (Å²) in [4.78, 5) is 128. The smallest absolute Gasteiger partial charge is 0.306 e. The molecule has 4 aromatic carbocycles. The average molecular weight is 1170 g/mol. The number of fused-ring (bicyclic) bond motifs is 1. The number of aldehydes is 1. The summed E-state index contributed by atoms with van der Waals surface area (Å²) in [6, 6.07) is 22.2. The Balaban J connectivity index is 1.65. The van der Waals surface area contributed by atoms with Crippen LogP contribution in [0.4, 0.5) is 0 Å². The van der Waals surface area contributed by atoms with Gasteiger partial charge in [-0.2, -0.15) is 0 Å². The van der Waals surface area contributed by atoms with Gasteiger partial charge >= 0.3 is 5.97 Å². The number of nitrogens with two attached hydrogens (primary N) is 1. The fourth-order valence-corrected chi connectivity index (χ4v) is 9.08. The number of rotatable bonds is 39. The molecule has 0 aliphatic heterocycles. The summed E-state index contributed by atoms with van der Waals surface area (Å²) < 4.78 is 5.06. The van der Waals surface area contributed by atoms with Crippen LogP contribution < -0.4 is 64.2 Å². The van der Waals surface area contributed by atoms with Gasteiger partial charge in [0.2, 0.25) is 41.4 Å². The Morgan fingerprint density at radius 2 is 1.09 bits per heavy atom. The number of nitrogens with one attached hydrogen (secondary N) is 11. The van der Waals surface area contributed by atoms with Gasteiger partial charge in [-0.15, -0.1) is 0 Å². The molecule has 7 atom stereocenters. The molecule has 0 spiro atoms. The monoisotopic (exact) mass is 1170 g/mol. The lowest BCUT2D eigenvalue weighted by Crippen LogP contribution is -2.59. The summed E-state index contributed by atoms with van der Waals surface area (Å²) in [6.45, 7) is 5.96. The number of aliphatic imine (C=N–C) groups is 1. The molecule has 460 valence electrons. The van der Waals surface area contributed by atoms with Crippen LogP contribution in [0, 0.1) is 6.92 Å². The van der Waals surface area contributed by atoms with Crippen molar-refractivity contribution in [1.29, 1.82) is 0 Å². The van der Waals surface area contributed by atoms with Crippen LogP contribution in [-0.2, 0) is 67.2 Å². The summed E-state index contributed by atoms with van der Waals surface area (Å²) in [6.07, 6.45) is 3.60. The number of unbranched alkanes of at least 4 members (excludes halogenated alkanes) is 1. The van der Waals surface area contributed by atoms with E-state index in [-0.39, 0.29) is 70.5 Å². The lowest BCUT2D eigenvalue weighted by atomic mass is 10.00. The number of aryl methyl sites for hydroxylation is 1. The predicted molar refractivity (Wildman–Crippen MR) is 328 cm³/mol. The van der Waals surface area contributed by atoms with Crippen LogP contribution in [0.15, 0.2) is 115 Å². The summed E-state index contributed by atoms with van der Waals surface area (Å²) in [5.74, 6) is -5.39. The number of esters is 1. The Kier molecular flexibility index (Phi) is 31.1. The molecule has 4 aromatic rings. The van der Waals surface area contributed by atoms with Crippen molar-refractivity contribution in [2.75, 3.05) is 61.0 Å². The molecule has 0 saturated carbocycles. The van der Waals surface area contributed by atoms with Gasteiger partial charge in [0.1, 0.15) is 43.1 Å². The van der Waals surface area contributed by atoms with Gasteiger partial charge in [0.25, 0.3) is 0 Å². The van der Waals surface area contributed by atoms with E-state index in [4.69, 9.17) is 10.5 Å². The quantitative estimate of drug-likeness (QED) is 0.00735. The molecule has 0 aliphatic rings. The molecule has 7 amide bonds. The van der Waals surface area contributed by atoms with Crippen molar-refractivity contribution in [1.82, 2.24) is 58.5 Å². The number of hydrogen-bond donors (Lipinski definition) is 12. The molecule has 0 aliphatic carbocycles. The highest BCUT2D eigenvalue weighted by Gasteiger charge is 2.33. The molecule has 0 radical (unpaired) electrons. The van der Waals surface area contributed by atoms with Crippen LogP contribution in [0.1, 0.15) is 73.6 Å². The van der Waals surface area contributed by atoms with E-state index in [1.54, 1.807) is 27.2 Å². The van der Waals surface area contributed by atoms with Crippen molar-refractivity contribution in [3.63, 3.8) is 0 Å². The first-order valence-corrected chi connectivity index (χ1v) is 28.8. The highest BCUT2D eigenvalue weighted by Crippen LogP contribution is 2.18.